The Morgan fingerprint density at radius 3 is 2.18 bits per heavy atom. The van der Waals surface area contributed by atoms with Crippen LogP contribution in [0.1, 0.15) is 28.8 Å². The highest BCUT2D eigenvalue weighted by atomic mass is 16.5. The van der Waals surface area contributed by atoms with Gasteiger partial charge in [-0.25, -0.2) is 0 Å². The normalized spacial score (nSPS) is 17.5. The summed E-state index contributed by atoms with van der Waals surface area (Å²) in [4.78, 5) is 30.0. The summed E-state index contributed by atoms with van der Waals surface area (Å²) in [7, 11) is 8.01. The van der Waals surface area contributed by atoms with Crippen LogP contribution >= 0.6 is 0 Å². The zero-order chi connectivity index (χ0) is 24.1. The lowest BCUT2D eigenvalue weighted by Crippen LogP contribution is -2.36. The maximum Gasteiger partial charge on any atom is 0.254 e. The third kappa shape index (κ3) is 4.84. The summed E-state index contributed by atoms with van der Waals surface area (Å²) < 4.78 is 21.7. The van der Waals surface area contributed by atoms with E-state index in [9.17, 15) is 9.59 Å². The summed E-state index contributed by atoms with van der Waals surface area (Å²) in [6, 6.07) is 10.8. The number of amides is 2. The van der Waals surface area contributed by atoms with Gasteiger partial charge in [-0.3, -0.25) is 9.59 Å². The first kappa shape index (κ1) is 24.2. The molecule has 0 aromatic heterocycles. The minimum atomic E-state index is -0.396. The summed E-state index contributed by atoms with van der Waals surface area (Å²) >= 11 is 0. The van der Waals surface area contributed by atoms with Crippen LogP contribution in [0.2, 0.25) is 0 Å². The molecule has 0 radical (unpaired) electrons. The topological polar surface area (TPSA) is 77.5 Å². The van der Waals surface area contributed by atoms with Crippen LogP contribution in [0, 0.1) is 5.92 Å². The summed E-state index contributed by atoms with van der Waals surface area (Å²) in [5.74, 6) is 1.36. The third-order valence-electron chi connectivity index (χ3n) is 6.21. The van der Waals surface area contributed by atoms with Crippen molar-refractivity contribution in [3.05, 3.63) is 47.5 Å². The Hall–Kier alpha value is -3.42. The zero-order valence-corrected chi connectivity index (χ0v) is 20.1. The molecule has 2 aromatic rings. The molecule has 2 atom stereocenters. The molecule has 1 fully saturated rings. The molecule has 0 bridgehead atoms. The Kier molecular flexibility index (Phi) is 7.68. The van der Waals surface area contributed by atoms with Crippen LogP contribution in [0.5, 0.6) is 23.0 Å². The van der Waals surface area contributed by atoms with E-state index < -0.39 is 5.92 Å². The number of carbonyl (C=O) groups excluding carboxylic acids is 2. The number of benzene rings is 2. The van der Waals surface area contributed by atoms with E-state index >= 15 is 0 Å². The number of rotatable bonds is 8. The molecular weight excluding hydrogens is 424 g/mol. The van der Waals surface area contributed by atoms with Crippen molar-refractivity contribution in [2.45, 2.75) is 12.8 Å². The largest absolute Gasteiger partial charge is 0.497 e. The first-order valence-electron chi connectivity index (χ1n) is 10.9. The number of hydrogen-bond donors (Lipinski definition) is 0. The van der Waals surface area contributed by atoms with Crippen LogP contribution in [0.15, 0.2) is 36.4 Å². The molecule has 0 saturated carbocycles. The molecule has 1 aliphatic rings. The van der Waals surface area contributed by atoms with E-state index in [2.05, 4.69) is 0 Å². The van der Waals surface area contributed by atoms with Crippen molar-refractivity contribution in [2.24, 2.45) is 5.92 Å². The average Bonchev–Trinajstić information content (AvgIpc) is 3.31. The minimum absolute atomic E-state index is 0.00260. The lowest BCUT2D eigenvalue weighted by Gasteiger charge is -2.24. The lowest BCUT2D eigenvalue weighted by molar-refractivity contribution is -0.133. The van der Waals surface area contributed by atoms with Crippen molar-refractivity contribution in [1.29, 1.82) is 0 Å². The number of nitrogens with zero attached hydrogens (tertiary/aromatic N) is 2. The van der Waals surface area contributed by atoms with Gasteiger partial charge in [-0.2, -0.15) is 0 Å². The lowest BCUT2D eigenvalue weighted by atomic mass is 9.87. The van der Waals surface area contributed by atoms with E-state index in [1.54, 1.807) is 69.6 Å². The van der Waals surface area contributed by atoms with Crippen molar-refractivity contribution in [2.75, 3.05) is 55.1 Å². The second-order valence-corrected chi connectivity index (χ2v) is 7.97. The summed E-state index contributed by atoms with van der Waals surface area (Å²) in [5.41, 5.74) is 1.38. The molecule has 178 valence electrons. The number of carbonyl (C=O) groups is 2. The van der Waals surface area contributed by atoms with Crippen molar-refractivity contribution in [1.82, 2.24) is 9.80 Å². The molecule has 8 nitrogen and oxygen atoms in total. The van der Waals surface area contributed by atoms with Gasteiger partial charge in [-0.05, 0) is 42.8 Å². The Balaban J connectivity index is 2.01. The molecule has 2 amide bonds. The highest BCUT2D eigenvalue weighted by Gasteiger charge is 2.42. The fourth-order valence-corrected chi connectivity index (χ4v) is 4.25. The van der Waals surface area contributed by atoms with Crippen LogP contribution < -0.4 is 18.9 Å². The quantitative estimate of drug-likeness (QED) is 0.608. The number of hydrogen-bond acceptors (Lipinski definition) is 6. The number of methoxy groups -OCH3 is 4. The van der Waals surface area contributed by atoms with Crippen LogP contribution in [0.4, 0.5) is 0 Å². The Morgan fingerprint density at radius 2 is 1.64 bits per heavy atom. The Bertz CT molecular complexity index is 983. The third-order valence-corrected chi connectivity index (χ3v) is 6.21. The molecular formula is C25H32N2O6. The summed E-state index contributed by atoms with van der Waals surface area (Å²) in [6.07, 6.45) is 0. The number of likely N-dealkylation sites (tertiary alicyclic amines) is 1. The molecule has 3 rings (SSSR count). The van der Waals surface area contributed by atoms with E-state index in [1.165, 1.54) is 0 Å². The van der Waals surface area contributed by atoms with Crippen molar-refractivity contribution in [3.8, 4) is 23.0 Å². The maximum atomic E-state index is 13.3. The molecule has 8 heteroatoms. The van der Waals surface area contributed by atoms with E-state index in [4.69, 9.17) is 18.9 Å². The second kappa shape index (κ2) is 10.5. The first-order valence-corrected chi connectivity index (χ1v) is 10.9. The Morgan fingerprint density at radius 1 is 0.970 bits per heavy atom. The SMILES string of the molecule is CCN(C)C(=O)[C@@H]1CN(C(=O)c2cccc(OC)c2)C[C@H]1c1cc(OC)c(OC)c(OC)c1. The fraction of sp³-hybridized carbons (Fsp3) is 0.440. The second-order valence-electron chi connectivity index (χ2n) is 7.97. The van der Waals surface area contributed by atoms with Gasteiger partial charge in [0.1, 0.15) is 5.75 Å². The van der Waals surface area contributed by atoms with Crippen LogP contribution in [-0.2, 0) is 4.79 Å². The van der Waals surface area contributed by atoms with Crippen LogP contribution in [0.3, 0.4) is 0 Å². The summed E-state index contributed by atoms with van der Waals surface area (Å²) in [6.45, 7) is 3.23. The predicted molar refractivity (Wildman–Crippen MR) is 125 cm³/mol. The van der Waals surface area contributed by atoms with Crippen molar-refractivity contribution < 1.29 is 28.5 Å². The van der Waals surface area contributed by atoms with E-state index in [0.29, 0.717) is 48.2 Å². The highest BCUT2D eigenvalue weighted by Crippen LogP contribution is 2.43. The van der Waals surface area contributed by atoms with Gasteiger partial charge in [-0.1, -0.05) is 6.07 Å². The van der Waals surface area contributed by atoms with Gasteiger partial charge in [0.2, 0.25) is 11.7 Å². The van der Waals surface area contributed by atoms with Gasteiger partial charge >= 0.3 is 0 Å². The van der Waals surface area contributed by atoms with Crippen molar-refractivity contribution >= 4 is 11.8 Å². The minimum Gasteiger partial charge on any atom is -0.497 e. The number of ether oxygens (including phenoxy) is 4. The fourth-order valence-electron chi connectivity index (χ4n) is 4.25. The first-order chi connectivity index (χ1) is 15.9. The highest BCUT2D eigenvalue weighted by molar-refractivity contribution is 5.95. The van der Waals surface area contributed by atoms with Gasteiger partial charge < -0.3 is 28.7 Å². The summed E-state index contributed by atoms with van der Waals surface area (Å²) in [5, 5.41) is 0. The maximum absolute atomic E-state index is 13.3. The molecule has 0 N–H and O–H groups in total. The van der Waals surface area contributed by atoms with Gasteiger partial charge in [-0.15, -0.1) is 0 Å². The van der Waals surface area contributed by atoms with Gasteiger partial charge in [0.25, 0.3) is 5.91 Å². The average molecular weight is 457 g/mol. The smallest absolute Gasteiger partial charge is 0.254 e. The molecule has 0 aliphatic carbocycles. The molecule has 1 aliphatic heterocycles. The van der Waals surface area contributed by atoms with Gasteiger partial charge in [0.15, 0.2) is 11.5 Å². The molecule has 1 heterocycles. The molecule has 33 heavy (non-hydrogen) atoms. The monoisotopic (exact) mass is 456 g/mol. The Labute approximate surface area is 195 Å². The van der Waals surface area contributed by atoms with Crippen molar-refractivity contribution in [3.63, 3.8) is 0 Å². The van der Waals surface area contributed by atoms with E-state index in [-0.39, 0.29) is 17.7 Å². The standard InChI is InChI=1S/C25H32N2O6/c1-7-26(2)25(29)20-15-27(24(28)16-9-8-10-18(11-16)30-3)14-19(20)17-12-21(31-4)23(33-6)22(13-17)32-5/h8-13,19-20H,7,14-15H2,1-6H3/t19-,20+/m0/s1. The molecule has 0 unspecified atom stereocenters. The zero-order valence-electron chi connectivity index (χ0n) is 20.1. The van der Waals surface area contributed by atoms with Crippen LogP contribution in [0.25, 0.3) is 0 Å². The molecule has 1 saturated heterocycles. The van der Waals surface area contributed by atoms with E-state index in [1.807, 2.05) is 19.1 Å². The van der Waals surface area contributed by atoms with Crippen LogP contribution in [-0.4, -0.2) is 76.7 Å². The van der Waals surface area contributed by atoms with Gasteiger partial charge in [0.05, 0.1) is 34.4 Å². The molecule has 0 spiro atoms. The molecule has 2 aromatic carbocycles. The van der Waals surface area contributed by atoms with E-state index in [0.717, 1.165) is 5.56 Å². The predicted octanol–water partition coefficient (Wildman–Crippen LogP) is 3.06. The van der Waals surface area contributed by atoms with Gasteiger partial charge in [0, 0.05) is 38.2 Å².